The van der Waals surface area contributed by atoms with Crippen molar-refractivity contribution in [3.8, 4) is 0 Å². The van der Waals surface area contributed by atoms with Gasteiger partial charge in [0.15, 0.2) is 0 Å². The van der Waals surface area contributed by atoms with Crippen molar-refractivity contribution in [3.63, 3.8) is 0 Å². The smallest absolute Gasteiger partial charge is 0.328 e. The number of hydrogen-bond acceptors (Lipinski definition) is 2. The second-order valence-electron chi connectivity index (χ2n) is 4.46. The van der Waals surface area contributed by atoms with Crippen LogP contribution in [0.2, 0.25) is 0 Å². The fourth-order valence-electron chi connectivity index (χ4n) is 1.99. The van der Waals surface area contributed by atoms with Crippen LogP contribution in [0.25, 0.3) is 0 Å². The maximum atomic E-state index is 10.2. The van der Waals surface area contributed by atoms with Crippen LogP contribution < -0.4 is 0 Å². The molecule has 0 aliphatic heterocycles. The number of carbonyl (C=O) groups is 1. The van der Waals surface area contributed by atoms with Gasteiger partial charge in [0, 0.05) is 6.08 Å². The number of carboxylic acid groups (broad SMARTS) is 1. The van der Waals surface area contributed by atoms with E-state index in [-0.39, 0.29) is 0 Å². The molecule has 1 aliphatic carbocycles. The van der Waals surface area contributed by atoms with Crippen molar-refractivity contribution < 1.29 is 14.6 Å². The molecule has 1 aliphatic rings. The number of carboxylic acids is 1. The van der Waals surface area contributed by atoms with Gasteiger partial charge < -0.3 is 9.84 Å². The fraction of sp³-hybridized carbons (Fsp3) is 0.750. The van der Waals surface area contributed by atoms with Gasteiger partial charge in [0.25, 0.3) is 0 Å². The Labute approximate surface area is 91.1 Å². The van der Waals surface area contributed by atoms with Gasteiger partial charge in [-0.15, -0.1) is 0 Å². The van der Waals surface area contributed by atoms with Crippen LogP contribution in [0.4, 0.5) is 0 Å². The molecule has 0 amide bonds. The van der Waals surface area contributed by atoms with E-state index in [4.69, 9.17) is 9.84 Å². The Morgan fingerprint density at radius 1 is 1.40 bits per heavy atom. The zero-order valence-electron chi connectivity index (χ0n) is 9.48. The third-order valence-electron chi connectivity index (χ3n) is 3.24. The summed E-state index contributed by atoms with van der Waals surface area (Å²) in [5.74, 6) is 0.593. The summed E-state index contributed by atoms with van der Waals surface area (Å²) in [5.41, 5.74) is 0. The van der Waals surface area contributed by atoms with E-state index in [1.54, 1.807) is 6.08 Å². The average Bonchev–Trinajstić information content (AvgIpc) is 2.18. The lowest BCUT2D eigenvalue weighted by Crippen LogP contribution is -2.26. The van der Waals surface area contributed by atoms with Crippen LogP contribution in [0.5, 0.6) is 0 Å². The van der Waals surface area contributed by atoms with Gasteiger partial charge >= 0.3 is 5.97 Å². The normalized spacial score (nSPS) is 32.0. The van der Waals surface area contributed by atoms with Crippen LogP contribution in [0, 0.1) is 11.8 Å². The van der Waals surface area contributed by atoms with Crippen molar-refractivity contribution in [1.82, 2.24) is 0 Å². The van der Waals surface area contributed by atoms with Crippen LogP contribution in [0.3, 0.4) is 0 Å². The average molecular weight is 212 g/mol. The minimum Gasteiger partial charge on any atom is -0.478 e. The van der Waals surface area contributed by atoms with Gasteiger partial charge in [-0.25, -0.2) is 4.79 Å². The molecule has 0 aromatic heterocycles. The Bertz CT molecular complexity index is 235. The van der Waals surface area contributed by atoms with E-state index in [1.165, 1.54) is 6.42 Å². The summed E-state index contributed by atoms with van der Waals surface area (Å²) < 4.78 is 5.60. The third kappa shape index (κ3) is 4.47. The van der Waals surface area contributed by atoms with E-state index in [9.17, 15) is 4.79 Å². The molecule has 0 radical (unpaired) electrons. The molecule has 0 saturated heterocycles. The summed E-state index contributed by atoms with van der Waals surface area (Å²) in [4.78, 5) is 10.2. The van der Waals surface area contributed by atoms with Crippen LogP contribution in [0.1, 0.15) is 33.1 Å². The van der Waals surface area contributed by atoms with Gasteiger partial charge in [0.2, 0.25) is 0 Å². The third-order valence-corrected chi connectivity index (χ3v) is 3.24. The molecule has 0 spiro atoms. The minimum absolute atomic E-state index is 0.314. The molecular formula is C12H20O3. The molecular weight excluding hydrogens is 192 g/mol. The second kappa shape index (κ2) is 5.91. The summed E-state index contributed by atoms with van der Waals surface area (Å²) in [6.07, 6.45) is 6.43. The Morgan fingerprint density at radius 3 is 2.73 bits per heavy atom. The van der Waals surface area contributed by atoms with Gasteiger partial charge in [-0.1, -0.05) is 19.9 Å². The molecule has 0 aromatic carbocycles. The standard InChI is InChI=1S/C12H20O3/c1-9-5-6-11(8-10(9)2)15-7-3-4-12(13)14/h3-4,9-11H,5-8H2,1-2H3,(H,13,14)/b4-3+. The predicted octanol–water partition coefficient (Wildman–Crippen LogP) is 2.47. The number of hydrogen-bond donors (Lipinski definition) is 1. The number of rotatable bonds is 4. The molecule has 3 nitrogen and oxygen atoms in total. The lowest BCUT2D eigenvalue weighted by atomic mass is 9.80. The molecule has 86 valence electrons. The van der Waals surface area contributed by atoms with Gasteiger partial charge in [0.1, 0.15) is 0 Å². The topological polar surface area (TPSA) is 46.5 Å². The lowest BCUT2D eigenvalue weighted by molar-refractivity contribution is -0.131. The molecule has 3 heteroatoms. The van der Waals surface area contributed by atoms with Gasteiger partial charge in [-0.3, -0.25) is 0 Å². The molecule has 0 bridgehead atoms. The van der Waals surface area contributed by atoms with E-state index < -0.39 is 5.97 Å². The van der Waals surface area contributed by atoms with E-state index >= 15 is 0 Å². The largest absolute Gasteiger partial charge is 0.478 e. The van der Waals surface area contributed by atoms with Crippen molar-refractivity contribution in [2.45, 2.75) is 39.2 Å². The number of ether oxygens (including phenoxy) is 1. The molecule has 1 saturated carbocycles. The molecule has 1 N–H and O–H groups in total. The second-order valence-corrected chi connectivity index (χ2v) is 4.46. The fourth-order valence-corrected chi connectivity index (χ4v) is 1.99. The highest BCUT2D eigenvalue weighted by atomic mass is 16.5. The molecule has 3 unspecified atom stereocenters. The van der Waals surface area contributed by atoms with Crippen LogP contribution in [0.15, 0.2) is 12.2 Å². The molecule has 15 heavy (non-hydrogen) atoms. The molecule has 0 heterocycles. The quantitative estimate of drug-likeness (QED) is 0.728. The van der Waals surface area contributed by atoms with Crippen LogP contribution in [-0.2, 0) is 9.53 Å². The van der Waals surface area contributed by atoms with Crippen molar-refractivity contribution in [3.05, 3.63) is 12.2 Å². The van der Waals surface area contributed by atoms with Gasteiger partial charge in [-0.05, 0) is 31.1 Å². The van der Waals surface area contributed by atoms with E-state index in [1.807, 2.05) is 0 Å². The first-order chi connectivity index (χ1) is 7.09. The number of aliphatic carboxylic acids is 1. The Kier molecular flexibility index (Phi) is 4.82. The molecule has 1 rings (SSSR count). The molecule has 3 atom stereocenters. The Hall–Kier alpha value is -0.830. The first-order valence-electron chi connectivity index (χ1n) is 5.60. The first-order valence-corrected chi connectivity index (χ1v) is 5.60. The summed E-state index contributed by atoms with van der Waals surface area (Å²) in [7, 11) is 0. The van der Waals surface area contributed by atoms with Crippen molar-refractivity contribution in [2.24, 2.45) is 11.8 Å². The highest BCUT2D eigenvalue weighted by Gasteiger charge is 2.24. The summed E-state index contributed by atoms with van der Waals surface area (Å²) in [6, 6.07) is 0. The molecule has 0 aromatic rings. The monoisotopic (exact) mass is 212 g/mol. The lowest BCUT2D eigenvalue weighted by Gasteiger charge is -2.31. The van der Waals surface area contributed by atoms with Crippen molar-refractivity contribution in [1.29, 1.82) is 0 Å². The zero-order chi connectivity index (χ0) is 11.3. The first kappa shape index (κ1) is 12.2. The molecule has 1 fully saturated rings. The minimum atomic E-state index is -0.913. The predicted molar refractivity (Wildman–Crippen MR) is 58.7 cm³/mol. The van der Waals surface area contributed by atoms with E-state index in [0.717, 1.165) is 24.8 Å². The van der Waals surface area contributed by atoms with Crippen LogP contribution >= 0.6 is 0 Å². The van der Waals surface area contributed by atoms with Gasteiger partial charge in [-0.2, -0.15) is 0 Å². The van der Waals surface area contributed by atoms with Crippen molar-refractivity contribution in [2.75, 3.05) is 6.61 Å². The van der Waals surface area contributed by atoms with Crippen molar-refractivity contribution >= 4 is 5.97 Å². The Morgan fingerprint density at radius 2 is 2.13 bits per heavy atom. The maximum Gasteiger partial charge on any atom is 0.328 e. The van der Waals surface area contributed by atoms with Crippen LogP contribution in [-0.4, -0.2) is 23.8 Å². The van der Waals surface area contributed by atoms with Gasteiger partial charge in [0.05, 0.1) is 12.7 Å². The SMILES string of the molecule is CC1CCC(OC/C=C/C(=O)O)CC1C. The summed E-state index contributed by atoms with van der Waals surface area (Å²) in [5, 5.41) is 8.38. The highest BCUT2D eigenvalue weighted by molar-refractivity contribution is 5.79. The maximum absolute atomic E-state index is 10.2. The summed E-state index contributed by atoms with van der Waals surface area (Å²) >= 11 is 0. The Balaban J connectivity index is 2.20. The van der Waals surface area contributed by atoms with E-state index in [2.05, 4.69) is 13.8 Å². The summed E-state index contributed by atoms with van der Waals surface area (Å²) in [6.45, 7) is 4.95. The van der Waals surface area contributed by atoms with E-state index in [0.29, 0.717) is 18.6 Å². The highest BCUT2D eigenvalue weighted by Crippen LogP contribution is 2.30. The zero-order valence-corrected chi connectivity index (χ0v) is 9.48.